The molecular formula is C20H18N4O3. The second-order valence-corrected chi connectivity index (χ2v) is 5.67. The first kappa shape index (κ1) is 18.1. The summed E-state index contributed by atoms with van der Waals surface area (Å²) in [5.41, 5.74) is 2.31. The molecule has 1 amide bonds. The quantitative estimate of drug-likeness (QED) is 0.655. The molecule has 1 heterocycles. The van der Waals surface area contributed by atoms with Gasteiger partial charge in [0, 0.05) is 12.2 Å². The van der Waals surface area contributed by atoms with Crippen LogP contribution in [0.5, 0.6) is 0 Å². The molecule has 0 radical (unpaired) electrons. The first-order valence-electron chi connectivity index (χ1n) is 8.27. The van der Waals surface area contributed by atoms with Gasteiger partial charge in [-0.05, 0) is 35.9 Å². The van der Waals surface area contributed by atoms with Crippen LogP contribution in [0.2, 0.25) is 0 Å². The lowest BCUT2D eigenvalue weighted by molar-refractivity contribution is 0.0600. The van der Waals surface area contributed by atoms with Gasteiger partial charge in [-0.15, -0.1) is 10.2 Å². The van der Waals surface area contributed by atoms with E-state index in [0.717, 1.165) is 5.56 Å². The van der Waals surface area contributed by atoms with Crippen molar-refractivity contribution in [3.8, 4) is 0 Å². The van der Waals surface area contributed by atoms with E-state index in [1.54, 1.807) is 36.4 Å². The van der Waals surface area contributed by atoms with E-state index in [1.807, 2.05) is 30.3 Å². The zero-order chi connectivity index (χ0) is 19.1. The summed E-state index contributed by atoms with van der Waals surface area (Å²) >= 11 is 0. The third-order valence-corrected chi connectivity index (χ3v) is 3.75. The third kappa shape index (κ3) is 4.88. The van der Waals surface area contributed by atoms with Crippen LogP contribution in [0.15, 0.2) is 66.7 Å². The number of nitrogens with one attached hydrogen (secondary N) is 2. The number of carbonyl (C=O) groups is 2. The molecule has 0 saturated heterocycles. The minimum Gasteiger partial charge on any atom is -0.465 e. The summed E-state index contributed by atoms with van der Waals surface area (Å²) in [5, 5.41) is 13.8. The molecule has 2 N–H and O–H groups in total. The van der Waals surface area contributed by atoms with Gasteiger partial charge in [0.2, 0.25) is 0 Å². The lowest BCUT2D eigenvalue weighted by Crippen LogP contribution is -2.24. The fraction of sp³-hybridized carbons (Fsp3) is 0.100. The van der Waals surface area contributed by atoms with Gasteiger partial charge in [-0.3, -0.25) is 4.79 Å². The summed E-state index contributed by atoms with van der Waals surface area (Å²) in [6, 6.07) is 19.7. The number of aromatic nitrogens is 2. The molecular weight excluding hydrogens is 344 g/mol. The Balaban J connectivity index is 1.61. The number of hydrogen-bond donors (Lipinski definition) is 2. The number of amides is 1. The van der Waals surface area contributed by atoms with Gasteiger partial charge < -0.3 is 15.4 Å². The van der Waals surface area contributed by atoms with Crippen LogP contribution in [0.4, 0.5) is 11.5 Å². The summed E-state index contributed by atoms with van der Waals surface area (Å²) in [4.78, 5) is 23.7. The smallest absolute Gasteiger partial charge is 0.337 e. The van der Waals surface area contributed by atoms with E-state index in [0.29, 0.717) is 23.6 Å². The first-order chi connectivity index (χ1) is 13.2. The van der Waals surface area contributed by atoms with Crippen molar-refractivity contribution in [2.45, 2.75) is 6.54 Å². The molecule has 0 atom stereocenters. The van der Waals surface area contributed by atoms with E-state index < -0.39 is 5.97 Å². The number of rotatable bonds is 6. The van der Waals surface area contributed by atoms with Crippen molar-refractivity contribution in [1.82, 2.24) is 15.5 Å². The Bertz CT molecular complexity index is 927. The molecule has 0 unspecified atom stereocenters. The van der Waals surface area contributed by atoms with Crippen molar-refractivity contribution in [3.05, 3.63) is 83.6 Å². The van der Waals surface area contributed by atoms with Crippen molar-refractivity contribution >= 4 is 23.4 Å². The normalized spacial score (nSPS) is 10.1. The molecule has 1 aromatic heterocycles. The van der Waals surface area contributed by atoms with E-state index >= 15 is 0 Å². The summed E-state index contributed by atoms with van der Waals surface area (Å²) in [6.07, 6.45) is 0. The highest BCUT2D eigenvalue weighted by Gasteiger charge is 2.09. The topological polar surface area (TPSA) is 93.2 Å². The van der Waals surface area contributed by atoms with Crippen molar-refractivity contribution in [2.75, 3.05) is 12.4 Å². The minimum absolute atomic E-state index is 0.222. The van der Waals surface area contributed by atoms with E-state index in [4.69, 9.17) is 4.74 Å². The van der Waals surface area contributed by atoms with Gasteiger partial charge in [-0.25, -0.2) is 4.79 Å². The maximum absolute atomic E-state index is 12.2. The Morgan fingerprint density at radius 3 is 2.48 bits per heavy atom. The number of hydrogen-bond acceptors (Lipinski definition) is 6. The minimum atomic E-state index is -0.421. The summed E-state index contributed by atoms with van der Waals surface area (Å²) < 4.78 is 4.70. The number of benzene rings is 2. The summed E-state index contributed by atoms with van der Waals surface area (Å²) in [7, 11) is 1.33. The van der Waals surface area contributed by atoms with E-state index in [9.17, 15) is 9.59 Å². The van der Waals surface area contributed by atoms with Crippen molar-refractivity contribution in [1.29, 1.82) is 0 Å². The molecule has 7 heteroatoms. The van der Waals surface area contributed by atoms with Crippen LogP contribution < -0.4 is 10.6 Å². The molecule has 0 aliphatic heterocycles. The van der Waals surface area contributed by atoms with Gasteiger partial charge in [0.1, 0.15) is 0 Å². The molecule has 136 valence electrons. The first-order valence-corrected chi connectivity index (χ1v) is 8.27. The summed E-state index contributed by atoms with van der Waals surface area (Å²) in [5.74, 6) is -0.266. The monoisotopic (exact) mass is 362 g/mol. The maximum Gasteiger partial charge on any atom is 0.337 e. The zero-order valence-electron chi connectivity index (χ0n) is 14.7. The Morgan fingerprint density at radius 1 is 0.963 bits per heavy atom. The highest BCUT2D eigenvalue weighted by molar-refractivity contribution is 5.92. The highest BCUT2D eigenvalue weighted by atomic mass is 16.5. The fourth-order valence-corrected chi connectivity index (χ4v) is 2.38. The van der Waals surface area contributed by atoms with Gasteiger partial charge in [-0.1, -0.05) is 36.4 Å². The van der Waals surface area contributed by atoms with Crippen LogP contribution in [0.1, 0.15) is 26.4 Å². The van der Waals surface area contributed by atoms with Gasteiger partial charge in [0.25, 0.3) is 5.91 Å². The highest BCUT2D eigenvalue weighted by Crippen LogP contribution is 2.16. The summed E-state index contributed by atoms with van der Waals surface area (Å²) in [6.45, 7) is 0.418. The molecule has 0 spiro atoms. The van der Waals surface area contributed by atoms with Crippen molar-refractivity contribution < 1.29 is 14.3 Å². The van der Waals surface area contributed by atoms with Crippen LogP contribution in [-0.4, -0.2) is 29.2 Å². The largest absolute Gasteiger partial charge is 0.465 e. The Labute approximate surface area is 156 Å². The average Bonchev–Trinajstić information content (AvgIpc) is 2.73. The predicted molar refractivity (Wildman–Crippen MR) is 101 cm³/mol. The Morgan fingerprint density at radius 2 is 1.78 bits per heavy atom. The second kappa shape index (κ2) is 8.57. The van der Waals surface area contributed by atoms with E-state index in [2.05, 4.69) is 20.8 Å². The molecule has 0 bridgehead atoms. The molecule has 3 aromatic rings. The molecule has 0 aliphatic rings. The lowest BCUT2D eigenvalue weighted by atomic mass is 10.2. The Kier molecular flexibility index (Phi) is 5.73. The van der Waals surface area contributed by atoms with E-state index in [1.165, 1.54) is 7.11 Å². The predicted octanol–water partition coefficient (Wildman–Crippen LogP) is 2.94. The van der Waals surface area contributed by atoms with Gasteiger partial charge in [-0.2, -0.15) is 0 Å². The number of nitrogens with zero attached hydrogens (tertiary/aromatic N) is 2. The standard InChI is InChI=1S/C20H18N4O3/c1-27-20(26)15-8-5-9-16(12-15)22-18-11-10-17(23-24-18)19(25)21-13-14-6-3-2-4-7-14/h2-12H,13H2,1H3,(H,21,25)(H,22,24). The van der Waals surface area contributed by atoms with Crippen LogP contribution in [0.25, 0.3) is 0 Å². The Hall–Kier alpha value is -3.74. The number of carbonyl (C=O) groups excluding carboxylic acids is 2. The van der Waals surface area contributed by atoms with Crippen LogP contribution in [0.3, 0.4) is 0 Å². The average molecular weight is 362 g/mol. The number of methoxy groups -OCH3 is 1. The van der Waals surface area contributed by atoms with Gasteiger partial charge in [0.15, 0.2) is 11.5 Å². The maximum atomic E-state index is 12.2. The fourth-order valence-electron chi connectivity index (χ4n) is 2.38. The molecule has 7 nitrogen and oxygen atoms in total. The van der Waals surface area contributed by atoms with Crippen molar-refractivity contribution in [2.24, 2.45) is 0 Å². The molecule has 2 aromatic carbocycles. The number of anilines is 2. The lowest BCUT2D eigenvalue weighted by Gasteiger charge is -2.08. The molecule has 27 heavy (non-hydrogen) atoms. The third-order valence-electron chi connectivity index (χ3n) is 3.75. The number of ether oxygens (including phenoxy) is 1. The van der Waals surface area contributed by atoms with Crippen LogP contribution >= 0.6 is 0 Å². The second-order valence-electron chi connectivity index (χ2n) is 5.67. The van der Waals surface area contributed by atoms with Crippen LogP contribution in [0, 0.1) is 0 Å². The molecule has 0 fully saturated rings. The number of esters is 1. The molecule has 3 rings (SSSR count). The zero-order valence-corrected chi connectivity index (χ0v) is 14.7. The van der Waals surface area contributed by atoms with E-state index in [-0.39, 0.29) is 11.6 Å². The SMILES string of the molecule is COC(=O)c1cccc(Nc2ccc(C(=O)NCc3ccccc3)nn2)c1. The molecule has 0 aliphatic carbocycles. The van der Waals surface area contributed by atoms with Crippen molar-refractivity contribution in [3.63, 3.8) is 0 Å². The van der Waals surface area contributed by atoms with Crippen LogP contribution in [-0.2, 0) is 11.3 Å². The molecule has 0 saturated carbocycles. The van der Waals surface area contributed by atoms with Gasteiger partial charge >= 0.3 is 5.97 Å². The van der Waals surface area contributed by atoms with Gasteiger partial charge in [0.05, 0.1) is 12.7 Å².